The molecule has 1 saturated heterocycles. The van der Waals surface area contributed by atoms with Gasteiger partial charge in [-0.25, -0.2) is 0 Å². The third-order valence-corrected chi connectivity index (χ3v) is 4.71. The molecular weight excluding hydrogens is 350 g/mol. The molecule has 0 aliphatic carbocycles. The predicted molar refractivity (Wildman–Crippen MR) is 103 cm³/mol. The van der Waals surface area contributed by atoms with Gasteiger partial charge in [0.15, 0.2) is 5.88 Å². The maximum absolute atomic E-state index is 12.3. The fourth-order valence-corrected chi connectivity index (χ4v) is 2.97. The van der Waals surface area contributed by atoms with E-state index in [1.807, 2.05) is 12.1 Å². The minimum Gasteiger partial charge on any atom is -0.441 e. The third kappa shape index (κ3) is 4.47. The van der Waals surface area contributed by atoms with E-state index in [0.717, 1.165) is 37.7 Å². The van der Waals surface area contributed by atoms with E-state index < -0.39 is 5.91 Å². The van der Waals surface area contributed by atoms with Crippen molar-refractivity contribution >= 4 is 35.2 Å². The average molecular weight is 370 g/mol. The summed E-state index contributed by atoms with van der Waals surface area (Å²) in [6, 6.07) is 12.3. The molecule has 0 unspecified atom stereocenters. The summed E-state index contributed by atoms with van der Waals surface area (Å²) >= 11 is 5.83. The van der Waals surface area contributed by atoms with Crippen LogP contribution in [0, 0.1) is 17.2 Å². The maximum atomic E-state index is 12.3. The van der Waals surface area contributed by atoms with Crippen molar-refractivity contribution in [2.75, 3.05) is 23.3 Å². The van der Waals surface area contributed by atoms with E-state index >= 15 is 0 Å². The van der Waals surface area contributed by atoms with Crippen LogP contribution in [0.5, 0.6) is 0 Å². The number of carbonyl (C=O) groups is 1. The molecule has 1 aromatic heterocycles. The van der Waals surface area contributed by atoms with Crippen LogP contribution in [0.4, 0.5) is 11.6 Å². The topological polar surface area (TPSA) is 69.3 Å². The Kier molecular flexibility index (Phi) is 5.65. The number of nitrogens with one attached hydrogen (secondary N) is 1. The van der Waals surface area contributed by atoms with Crippen LogP contribution in [-0.2, 0) is 4.79 Å². The van der Waals surface area contributed by atoms with E-state index in [2.05, 4.69) is 17.1 Å². The minimum absolute atomic E-state index is 0.0203. The van der Waals surface area contributed by atoms with E-state index in [0.29, 0.717) is 16.5 Å². The zero-order valence-corrected chi connectivity index (χ0v) is 15.3. The van der Waals surface area contributed by atoms with Gasteiger partial charge in [-0.2, -0.15) is 5.26 Å². The molecule has 0 bridgehead atoms. The monoisotopic (exact) mass is 369 g/mol. The summed E-state index contributed by atoms with van der Waals surface area (Å²) in [5, 5.41) is 12.6. The highest BCUT2D eigenvalue weighted by Crippen LogP contribution is 2.26. The molecule has 2 aromatic rings. The van der Waals surface area contributed by atoms with Crippen LogP contribution in [0.1, 0.15) is 25.5 Å². The minimum atomic E-state index is -0.487. The average Bonchev–Trinajstić information content (AvgIpc) is 3.11. The summed E-state index contributed by atoms with van der Waals surface area (Å²) < 4.78 is 5.81. The second kappa shape index (κ2) is 8.11. The number of piperidine rings is 1. The third-order valence-electron chi connectivity index (χ3n) is 4.46. The van der Waals surface area contributed by atoms with Crippen LogP contribution in [-0.4, -0.2) is 19.0 Å². The zero-order chi connectivity index (χ0) is 18.5. The normalized spacial score (nSPS) is 15.6. The molecule has 1 aromatic carbocycles. The summed E-state index contributed by atoms with van der Waals surface area (Å²) in [4.78, 5) is 14.5. The summed E-state index contributed by atoms with van der Waals surface area (Å²) in [5.41, 5.74) is 0.552. The molecule has 1 N–H and O–H groups in total. The summed E-state index contributed by atoms with van der Waals surface area (Å²) in [6.07, 6.45) is 3.74. The molecule has 0 spiro atoms. The highest BCUT2D eigenvalue weighted by molar-refractivity contribution is 6.30. The van der Waals surface area contributed by atoms with Crippen molar-refractivity contribution in [2.45, 2.75) is 19.8 Å². The number of carbonyl (C=O) groups excluding carboxylic acids is 1. The van der Waals surface area contributed by atoms with Gasteiger partial charge in [0.1, 0.15) is 17.4 Å². The highest BCUT2D eigenvalue weighted by Gasteiger charge is 2.18. The molecule has 26 heavy (non-hydrogen) atoms. The van der Waals surface area contributed by atoms with Crippen molar-refractivity contribution < 1.29 is 9.21 Å². The van der Waals surface area contributed by atoms with Crippen LogP contribution in [0.15, 0.2) is 46.4 Å². The van der Waals surface area contributed by atoms with Gasteiger partial charge in [0.05, 0.1) is 0 Å². The molecule has 1 aliphatic heterocycles. The molecule has 0 saturated carbocycles. The SMILES string of the molecule is CC1CCN(c2ccc(/C=C(\C#N)C(=O)Nc3ccc(Cl)cc3)o2)CC1. The first-order chi connectivity index (χ1) is 12.5. The van der Waals surface area contributed by atoms with Crippen molar-refractivity contribution in [1.29, 1.82) is 5.26 Å². The Bertz CT molecular complexity index is 841. The largest absolute Gasteiger partial charge is 0.441 e. The van der Waals surface area contributed by atoms with E-state index in [1.165, 1.54) is 6.08 Å². The Labute approximate surface area is 157 Å². The van der Waals surface area contributed by atoms with E-state index in [4.69, 9.17) is 16.0 Å². The first kappa shape index (κ1) is 18.1. The number of nitriles is 1. The second-order valence-corrected chi connectivity index (χ2v) is 6.91. The van der Waals surface area contributed by atoms with Crippen molar-refractivity contribution in [2.24, 2.45) is 5.92 Å². The molecule has 3 rings (SSSR count). The van der Waals surface area contributed by atoms with Crippen LogP contribution in [0.25, 0.3) is 6.08 Å². The number of halogens is 1. The molecule has 134 valence electrons. The lowest BCUT2D eigenvalue weighted by atomic mass is 9.99. The fraction of sp³-hybridized carbons (Fsp3) is 0.300. The van der Waals surface area contributed by atoms with Gasteiger partial charge in [-0.15, -0.1) is 0 Å². The second-order valence-electron chi connectivity index (χ2n) is 6.48. The van der Waals surface area contributed by atoms with Gasteiger partial charge in [-0.1, -0.05) is 18.5 Å². The van der Waals surface area contributed by atoms with Crippen LogP contribution in [0.2, 0.25) is 5.02 Å². The molecule has 1 fully saturated rings. The molecule has 6 heteroatoms. The standard InChI is InChI=1S/C20H20ClN3O2/c1-14-8-10-24(11-9-14)19-7-6-18(26-19)12-15(13-22)20(25)23-17-4-2-16(21)3-5-17/h2-7,12,14H,8-11H2,1H3,(H,23,25)/b15-12+. The Hall–Kier alpha value is -2.71. The first-order valence-electron chi connectivity index (χ1n) is 8.58. The molecule has 0 radical (unpaired) electrons. The van der Waals surface area contributed by atoms with Gasteiger partial charge in [0.25, 0.3) is 5.91 Å². The molecule has 2 heterocycles. The molecule has 1 aliphatic rings. The van der Waals surface area contributed by atoms with Gasteiger partial charge in [0, 0.05) is 35.9 Å². The first-order valence-corrected chi connectivity index (χ1v) is 8.96. The van der Waals surface area contributed by atoms with Crippen LogP contribution >= 0.6 is 11.6 Å². The van der Waals surface area contributed by atoms with Gasteiger partial charge in [-0.3, -0.25) is 4.79 Å². The number of hydrogen-bond donors (Lipinski definition) is 1. The Morgan fingerprint density at radius 3 is 2.62 bits per heavy atom. The van der Waals surface area contributed by atoms with Crippen molar-refractivity contribution in [3.05, 3.63) is 52.8 Å². The van der Waals surface area contributed by atoms with Gasteiger partial charge < -0.3 is 14.6 Å². The number of rotatable bonds is 4. The van der Waals surface area contributed by atoms with Crippen molar-refractivity contribution in [1.82, 2.24) is 0 Å². The quantitative estimate of drug-likeness (QED) is 0.625. The fourth-order valence-electron chi connectivity index (χ4n) is 2.84. The van der Waals surface area contributed by atoms with Crippen molar-refractivity contribution in [3.63, 3.8) is 0 Å². The number of furan rings is 1. The lowest BCUT2D eigenvalue weighted by molar-refractivity contribution is -0.112. The van der Waals surface area contributed by atoms with E-state index in [9.17, 15) is 10.1 Å². The summed E-state index contributed by atoms with van der Waals surface area (Å²) in [7, 11) is 0. The summed E-state index contributed by atoms with van der Waals surface area (Å²) in [6.45, 7) is 4.17. The lowest BCUT2D eigenvalue weighted by Crippen LogP contribution is -2.32. The van der Waals surface area contributed by atoms with Gasteiger partial charge >= 0.3 is 0 Å². The number of hydrogen-bond acceptors (Lipinski definition) is 4. The molecule has 1 amide bonds. The Morgan fingerprint density at radius 2 is 1.96 bits per heavy atom. The molecule has 0 atom stereocenters. The van der Waals surface area contributed by atoms with Gasteiger partial charge in [0.2, 0.25) is 0 Å². The lowest BCUT2D eigenvalue weighted by Gasteiger charge is -2.29. The van der Waals surface area contributed by atoms with Gasteiger partial charge in [-0.05, 0) is 49.1 Å². The predicted octanol–water partition coefficient (Wildman–Crippen LogP) is 4.71. The number of amides is 1. The molecular formula is C20H20ClN3O2. The maximum Gasteiger partial charge on any atom is 0.266 e. The van der Waals surface area contributed by atoms with E-state index in [1.54, 1.807) is 30.3 Å². The van der Waals surface area contributed by atoms with Crippen LogP contribution < -0.4 is 10.2 Å². The van der Waals surface area contributed by atoms with Crippen LogP contribution in [0.3, 0.4) is 0 Å². The number of anilines is 2. The molecule has 5 nitrogen and oxygen atoms in total. The Balaban J connectivity index is 1.69. The zero-order valence-electron chi connectivity index (χ0n) is 14.5. The van der Waals surface area contributed by atoms with E-state index in [-0.39, 0.29) is 5.57 Å². The number of benzene rings is 1. The smallest absolute Gasteiger partial charge is 0.266 e. The highest BCUT2D eigenvalue weighted by atomic mass is 35.5. The summed E-state index contributed by atoms with van der Waals surface area (Å²) in [5.74, 6) is 1.52. The van der Waals surface area contributed by atoms with Crippen molar-refractivity contribution in [3.8, 4) is 6.07 Å². The number of nitrogens with zero attached hydrogens (tertiary/aromatic N) is 2. The Morgan fingerprint density at radius 1 is 1.27 bits per heavy atom.